The minimum absolute atomic E-state index is 0.0664. The Morgan fingerprint density at radius 2 is 1.54 bits per heavy atom. The minimum atomic E-state index is -0.781. The fraction of sp³-hybridized carbons (Fsp3) is 0.310. The van der Waals surface area contributed by atoms with E-state index >= 15 is 0 Å². The van der Waals surface area contributed by atoms with Crippen LogP contribution in [0.5, 0.6) is 5.75 Å². The molecule has 194 valence electrons. The number of nitrogens with one attached hydrogen (secondary N) is 1. The summed E-state index contributed by atoms with van der Waals surface area (Å²) in [5.74, 6) is -0.0456. The average molecular weight is 560 g/mol. The fourth-order valence-corrected chi connectivity index (χ4v) is 5.18. The Kier molecular flexibility index (Phi) is 9.73. The number of rotatable bonds is 10. The van der Waals surface area contributed by atoms with E-state index in [1.54, 1.807) is 42.5 Å². The Labute approximate surface area is 232 Å². The van der Waals surface area contributed by atoms with Crippen LogP contribution in [0.15, 0.2) is 72.8 Å². The van der Waals surface area contributed by atoms with Crippen LogP contribution < -0.4 is 10.1 Å². The van der Waals surface area contributed by atoms with Crippen molar-refractivity contribution in [3.63, 3.8) is 0 Å². The molecule has 1 aliphatic rings. The molecule has 1 N–H and O–H groups in total. The first-order chi connectivity index (χ1) is 17.9. The third-order valence-electron chi connectivity index (χ3n) is 6.54. The molecule has 1 fully saturated rings. The Morgan fingerprint density at radius 1 is 0.892 bits per heavy atom. The molecule has 1 aliphatic carbocycles. The summed E-state index contributed by atoms with van der Waals surface area (Å²) in [6.07, 6.45) is 4.39. The van der Waals surface area contributed by atoms with Gasteiger partial charge >= 0.3 is 0 Å². The quantitative estimate of drug-likeness (QED) is 0.300. The molecule has 5 nitrogen and oxygen atoms in total. The van der Waals surface area contributed by atoms with E-state index in [9.17, 15) is 9.59 Å². The van der Waals surface area contributed by atoms with Gasteiger partial charge in [-0.15, -0.1) is 0 Å². The molecule has 0 unspecified atom stereocenters. The van der Waals surface area contributed by atoms with Crippen molar-refractivity contribution in [2.45, 2.75) is 50.7 Å². The minimum Gasteiger partial charge on any atom is -0.484 e. The van der Waals surface area contributed by atoms with E-state index in [-0.39, 0.29) is 31.0 Å². The van der Waals surface area contributed by atoms with Crippen molar-refractivity contribution in [1.82, 2.24) is 10.2 Å². The lowest BCUT2D eigenvalue weighted by Crippen LogP contribution is -2.53. The van der Waals surface area contributed by atoms with Crippen LogP contribution in [0.3, 0.4) is 0 Å². The molecular formula is C29H29Cl3N2O3. The highest BCUT2D eigenvalue weighted by molar-refractivity contribution is 6.36. The second-order valence-electron chi connectivity index (χ2n) is 9.16. The second kappa shape index (κ2) is 13.2. The predicted octanol–water partition coefficient (Wildman–Crippen LogP) is 6.72. The monoisotopic (exact) mass is 558 g/mol. The fourth-order valence-electron chi connectivity index (χ4n) is 4.53. The molecule has 0 spiro atoms. The standard InChI is InChI=1S/C29H29Cl3N2O3/c30-21-13-15-23(16-14-21)37-19-28(35)34(18-24-25(31)11-6-12-26(24)32)27(17-20-7-2-1-3-8-20)29(36)33-22-9-4-5-10-22/h1-3,6-8,11-16,22,27H,4-5,9-10,17-19H2,(H,33,36)/t27-/m0/s1. The molecule has 0 saturated heterocycles. The first-order valence-electron chi connectivity index (χ1n) is 12.4. The summed E-state index contributed by atoms with van der Waals surface area (Å²) >= 11 is 18.9. The molecule has 4 rings (SSSR count). The molecular weight excluding hydrogens is 531 g/mol. The second-order valence-corrected chi connectivity index (χ2v) is 10.4. The van der Waals surface area contributed by atoms with Crippen molar-refractivity contribution in [3.05, 3.63) is 99.0 Å². The van der Waals surface area contributed by atoms with E-state index in [4.69, 9.17) is 39.5 Å². The van der Waals surface area contributed by atoms with E-state index in [0.29, 0.717) is 32.8 Å². The maximum Gasteiger partial charge on any atom is 0.261 e. The van der Waals surface area contributed by atoms with Gasteiger partial charge in [0.15, 0.2) is 6.61 Å². The molecule has 0 aromatic heterocycles. The molecule has 3 aromatic rings. The van der Waals surface area contributed by atoms with E-state index in [1.165, 1.54) is 4.90 Å². The number of carbonyl (C=O) groups is 2. The van der Waals surface area contributed by atoms with Gasteiger partial charge in [-0.3, -0.25) is 9.59 Å². The molecule has 0 bridgehead atoms. The summed E-state index contributed by atoms with van der Waals surface area (Å²) in [7, 11) is 0. The van der Waals surface area contributed by atoms with Crippen LogP contribution in [-0.2, 0) is 22.6 Å². The zero-order valence-electron chi connectivity index (χ0n) is 20.3. The van der Waals surface area contributed by atoms with Gasteiger partial charge in [0.05, 0.1) is 0 Å². The van der Waals surface area contributed by atoms with E-state index < -0.39 is 6.04 Å². The summed E-state index contributed by atoms with van der Waals surface area (Å²) in [6.45, 7) is -0.192. The summed E-state index contributed by atoms with van der Waals surface area (Å²) in [5.41, 5.74) is 1.52. The topological polar surface area (TPSA) is 58.6 Å². The molecule has 1 atom stereocenters. The summed E-state index contributed by atoms with van der Waals surface area (Å²) in [5, 5.41) is 4.60. The largest absolute Gasteiger partial charge is 0.484 e. The van der Waals surface area contributed by atoms with Crippen LogP contribution in [0.1, 0.15) is 36.8 Å². The van der Waals surface area contributed by atoms with Gasteiger partial charge in [0.1, 0.15) is 11.8 Å². The van der Waals surface area contributed by atoms with Crippen LogP contribution in [0.4, 0.5) is 0 Å². The smallest absolute Gasteiger partial charge is 0.261 e. The van der Waals surface area contributed by atoms with Gasteiger partial charge in [-0.05, 0) is 54.8 Å². The van der Waals surface area contributed by atoms with Crippen molar-refractivity contribution >= 4 is 46.6 Å². The van der Waals surface area contributed by atoms with Crippen LogP contribution in [0.25, 0.3) is 0 Å². The lowest BCUT2D eigenvalue weighted by atomic mass is 10.0. The predicted molar refractivity (Wildman–Crippen MR) is 148 cm³/mol. The highest BCUT2D eigenvalue weighted by Gasteiger charge is 2.33. The lowest BCUT2D eigenvalue weighted by Gasteiger charge is -2.32. The van der Waals surface area contributed by atoms with E-state index in [2.05, 4.69) is 5.32 Å². The van der Waals surface area contributed by atoms with Crippen LogP contribution in [0.2, 0.25) is 15.1 Å². The Morgan fingerprint density at radius 3 is 2.19 bits per heavy atom. The number of ether oxygens (including phenoxy) is 1. The van der Waals surface area contributed by atoms with Crippen molar-refractivity contribution in [1.29, 1.82) is 0 Å². The molecule has 0 heterocycles. The molecule has 0 aliphatic heterocycles. The van der Waals surface area contributed by atoms with Gasteiger partial charge in [-0.1, -0.05) is 84.0 Å². The van der Waals surface area contributed by atoms with Gasteiger partial charge in [0.2, 0.25) is 5.91 Å². The highest BCUT2D eigenvalue weighted by atomic mass is 35.5. The Bertz CT molecular complexity index is 1180. The molecule has 2 amide bonds. The zero-order chi connectivity index (χ0) is 26.2. The van der Waals surface area contributed by atoms with Gasteiger partial charge in [-0.2, -0.15) is 0 Å². The molecule has 3 aromatic carbocycles. The van der Waals surface area contributed by atoms with Crippen molar-refractivity contribution in [2.24, 2.45) is 0 Å². The van der Waals surface area contributed by atoms with Gasteiger partial charge in [0, 0.05) is 39.6 Å². The number of benzene rings is 3. The van der Waals surface area contributed by atoms with Crippen LogP contribution in [0, 0.1) is 0 Å². The number of halogens is 3. The summed E-state index contributed by atoms with van der Waals surface area (Å²) in [6, 6.07) is 20.9. The van der Waals surface area contributed by atoms with Gasteiger partial charge < -0.3 is 15.0 Å². The van der Waals surface area contributed by atoms with Crippen LogP contribution in [-0.4, -0.2) is 35.4 Å². The maximum atomic E-state index is 13.7. The molecule has 8 heteroatoms. The Hall–Kier alpha value is -2.73. The SMILES string of the molecule is O=C(NC1CCCC1)[C@H](Cc1ccccc1)N(Cc1c(Cl)cccc1Cl)C(=O)COc1ccc(Cl)cc1. The number of hydrogen-bond acceptors (Lipinski definition) is 3. The Balaban J connectivity index is 1.64. The van der Waals surface area contributed by atoms with Gasteiger partial charge in [0.25, 0.3) is 5.91 Å². The normalized spacial score (nSPS) is 14.2. The summed E-state index contributed by atoms with van der Waals surface area (Å²) in [4.78, 5) is 28.9. The van der Waals surface area contributed by atoms with Crippen molar-refractivity contribution in [3.8, 4) is 5.75 Å². The number of amides is 2. The van der Waals surface area contributed by atoms with E-state index in [1.807, 2.05) is 30.3 Å². The zero-order valence-corrected chi connectivity index (χ0v) is 22.6. The summed E-state index contributed by atoms with van der Waals surface area (Å²) < 4.78 is 5.77. The maximum absolute atomic E-state index is 13.7. The molecule has 0 radical (unpaired) electrons. The van der Waals surface area contributed by atoms with Gasteiger partial charge in [-0.25, -0.2) is 0 Å². The number of nitrogens with zero attached hydrogens (tertiary/aromatic N) is 1. The first-order valence-corrected chi connectivity index (χ1v) is 13.5. The molecule has 37 heavy (non-hydrogen) atoms. The van der Waals surface area contributed by atoms with Crippen LogP contribution >= 0.6 is 34.8 Å². The lowest BCUT2D eigenvalue weighted by molar-refractivity contribution is -0.143. The van der Waals surface area contributed by atoms with Crippen molar-refractivity contribution < 1.29 is 14.3 Å². The first kappa shape index (κ1) is 27.3. The average Bonchev–Trinajstić information content (AvgIpc) is 3.40. The highest BCUT2D eigenvalue weighted by Crippen LogP contribution is 2.28. The van der Waals surface area contributed by atoms with Crippen molar-refractivity contribution in [2.75, 3.05) is 6.61 Å². The number of carbonyl (C=O) groups excluding carboxylic acids is 2. The third-order valence-corrected chi connectivity index (χ3v) is 7.50. The molecule has 1 saturated carbocycles. The van der Waals surface area contributed by atoms with E-state index in [0.717, 1.165) is 31.2 Å². The third kappa shape index (κ3) is 7.64. The number of hydrogen-bond donors (Lipinski definition) is 1.